The van der Waals surface area contributed by atoms with E-state index in [1.807, 2.05) is 55.6 Å². The van der Waals surface area contributed by atoms with Gasteiger partial charge in [-0.3, -0.25) is 4.79 Å². The molecule has 2 heterocycles. The Morgan fingerprint density at radius 1 is 0.756 bits per heavy atom. The molecule has 0 aliphatic carbocycles. The topological polar surface area (TPSA) is 63.7 Å². The lowest BCUT2D eigenvalue weighted by Crippen LogP contribution is -2.47. The van der Waals surface area contributed by atoms with Gasteiger partial charge in [-0.25, -0.2) is 0 Å². The minimum absolute atomic E-state index is 0.0707. The minimum atomic E-state index is -0.757. The molecule has 0 saturated carbocycles. The molecule has 5 rings (SSSR count). The number of hydrogen-bond donors (Lipinski definition) is 0. The fourth-order valence-electron chi connectivity index (χ4n) is 7.06. The Morgan fingerprint density at radius 2 is 1.36 bits per heavy atom. The number of piperazine rings is 1. The van der Waals surface area contributed by atoms with Crippen LogP contribution < -0.4 is 23.8 Å². The number of likely N-dealkylation sites (N-methyl/N-ethyl adjacent to an activating group) is 1. The molecule has 3 aromatic rings. The molecule has 242 valence electrons. The smallest absolute Gasteiger partial charge is 0.242 e. The number of amides is 1. The first-order valence-electron chi connectivity index (χ1n) is 16.2. The van der Waals surface area contributed by atoms with Gasteiger partial charge in [-0.15, -0.1) is 0 Å². The molecule has 2 aliphatic heterocycles. The molecule has 0 aromatic heterocycles. The highest BCUT2D eigenvalue weighted by Crippen LogP contribution is 2.52. The van der Waals surface area contributed by atoms with Gasteiger partial charge in [0.05, 0.1) is 27.9 Å². The zero-order chi connectivity index (χ0) is 32.0. The summed E-state index contributed by atoms with van der Waals surface area (Å²) in [6, 6.07) is 20.4. The van der Waals surface area contributed by atoms with Gasteiger partial charge in [0, 0.05) is 51.0 Å². The van der Waals surface area contributed by atoms with Gasteiger partial charge in [-0.1, -0.05) is 50.2 Å². The lowest BCUT2D eigenvalue weighted by Gasteiger charge is -2.35. The van der Waals surface area contributed by atoms with Crippen molar-refractivity contribution in [3.05, 3.63) is 77.4 Å². The molecule has 45 heavy (non-hydrogen) atoms. The maximum atomic E-state index is 13.9. The molecular formula is C37H49N3O5. The van der Waals surface area contributed by atoms with Crippen molar-refractivity contribution < 1.29 is 23.7 Å². The Morgan fingerprint density at radius 3 is 1.98 bits per heavy atom. The number of unbranched alkanes of at least 4 members (excludes halogenated alkanes) is 1. The molecule has 1 atom stereocenters. The van der Waals surface area contributed by atoms with Gasteiger partial charge >= 0.3 is 0 Å². The Labute approximate surface area is 268 Å². The van der Waals surface area contributed by atoms with Gasteiger partial charge in [0.2, 0.25) is 11.7 Å². The maximum absolute atomic E-state index is 13.9. The molecule has 1 amide bonds. The monoisotopic (exact) mass is 615 g/mol. The first-order valence-corrected chi connectivity index (χ1v) is 16.2. The van der Waals surface area contributed by atoms with Crippen LogP contribution in [0.15, 0.2) is 60.7 Å². The summed E-state index contributed by atoms with van der Waals surface area (Å²) < 4.78 is 22.9. The number of carbonyl (C=O) groups excluding carboxylic acids is 1. The Balaban J connectivity index is 1.10. The van der Waals surface area contributed by atoms with E-state index in [1.165, 1.54) is 5.56 Å². The molecule has 0 bridgehead atoms. The van der Waals surface area contributed by atoms with Crippen LogP contribution in [-0.2, 0) is 16.6 Å². The Hall–Kier alpha value is -3.75. The molecule has 8 nitrogen and oxygen atoms in total. The summed E-state index contributed by atoms with van der Waals surface area (Å²) in [7, 11) is 6.82. The first-order chi connectivity index (χ1) is 21.8. The highest BCUT2D eigenvalue weighted by atomic mass is 16.5. The normalized spacial score (nSPS) is 18.7. The highest BCUT2D eigenvalue weighted by Gasteiger charge is 2.54. The summed E-state index contributed by atoms with van der Waals surface area (Å²) in [5.41, 5.74) is 3.43. The molecule has 1 fully saturated rings. The number of fused-ring (bicyclic) bond motifs is 1. The summed E-state index contributed by atoms with van der Waals surface area (Å²) in [5.74, 6) is 3.03. The fraction of sp³-hybridized carbons (Fsp3) is 0.486. The maximum Gasteiger partial charge on any atom is 0.242 e. The van der Waals surface area contributed by atoms with Crippen molar-refractivity contribution in [2.24, 2.45) is 5.92 Å². The molecule has 0 spiro atoms. The van der Waals surface area contributed by atoms with Crippen LogP contribution >= 0.6 is 0 Å². The summed E-state index contributed by atoms with van der Waals surface area (Å²) in [6.07, 6.45) is 2.98. The van der Waals surface area contributed by atoms with Gasteiger partial charge in [0.25, 0.3) is 0 Å². The summed E-state index contributed by atoms with van der Waals surface area (Å²) >= 11 is 0. The van der Waals surface area contributed by atoms with Crippen molar-refractivity contribution in [1.29, 1.82) is 0 Å². The van der Waals surface area contributed by atoms with Gasteiger partial charge < -0.3 is 33.6 Å². The molecule has 1 unspecified atom stereocenters. The van der Waals surface area contributed by atoms with Crippen LogP contribution in [0.1, 0.15) is 43.4 Å². The van der Waals surface area contributed by atoms with E-state index in [2.05, 4.69) is 35.8 Å². The second-order valence-corrected chi connectivity index (χ2v) is 12.4. The van der Waals surface area contributed by atoms with E-state index < -0.39 is 5.41 Å². The minimum Gasteiger partial charge on any atom is -0.493 e. The van der Waals surface area contributed by atoms with Crippen LogP contribution in [0, 0.1) is 5.92 Å². The third kappa shape index (κ3) is 6.49. The standard InChI is InChI=1S/C37H49N3O5/c1-27(2)37(29-13-7-9-15-31(29)38(3)36(37)41)30-14-8-10-16-32(30)45-24-12-11-18-39-20-22-40(23-21-39)19-17-28-25-33(42-4)35(44-6)34(26-28)43-5/h7-10,13-16,25-27H,11-12,17-24H2,1-6H3. The van der Waals surface area contributed by atoms with Gasteiger partial charge in [-0.2, -0.15) is 0 Å². The van der Waals surface area contributed by atoms with E-state index in [-0.39, 0.29) is 11.8 Å². The quantitative estimate of drug-likeness (QED) is 0.217. The van der Waals surface area contributed by atoms with Crippen molar-refractivity contribution in [1.82, 2.24) is 9.80 Å². The molecule has 1 saturated heterocycles. The Kier molecular flexibility index (Phi) is 10.6. The third-order valence-electron chi connectivity index (χ3n) is 9.54. The van der Waals surface area contributed by atoms with Crippen LogP contribution in [0.4, 0.5) is 5.69 Å². The number of methoxy groups -OCH3 is 3. The van der Waals surface area contributed by atoms with Crippen molar-refractivity contribution in [3.8, 4) is 23.0 Å². The number of nitrogens with zero attached hydrogens (tertiary/aromatic N) is 3. The van der Waals surface area contributed by atoms with Crippen LogP contribution in [0.25, 0.3) is 0 Å². The lowest BCUT2D eigenvalue weighted by molar-refractivity contribution is -0.122. The number of carbonyl (C=O) groups is 1. The molecule has 8 heteroatoms. The molecule has 3 aromatic carbocycles. The van der Waals surface area contributed by atoms with Crippen molar-refractivity contribution in [3.63, 3.8) is 0 Å². The molecular weight excluding hydrogens is 566 g/mol. The number of hydrogen-bond acceptors (Lipinski definition) is 7. The average Bonchev–Trinajstić information content (AvgIpc) is 3.30. The summed E-state index contributed by atoms with van der Waals surface area (Å²) in [6.45, 7) is 11.3. The molecule has 0 N–H and O–H groups in total. The van der Waals surface area contributed by atoms with Crippen LogP contribution in [-0.4, -0.2) is 90.0 Å². The largest absolute Gasteiger partial charge is 0.493 e. The van der Waals surface area contributed by atoms with Crippen molar-refractivity contribution in [2.75, 3.05) is 79.2 Å². The number of para-hydroxylation sites is 2. The average molecular weight is 616 g/mol. The van der Waals surface area contributed by atoms with E-state index in [0.717, 1.165) is 81.1 Å². The SMILES string of the molecule is COc1cc(CCN2CCN(CCCCOc3ccccc3C3(C(C)C)C(=O)N(C)c4ccccc43)CC2)cc(OC)c1OC. The van der Waals surface area contributed by atoms with E-state index in [4.69, 9.17) is 18.9 Å². The zero-order valence-corrected chi connectivity index (χ0v) is 27.8. The first kappa shape index (κ1) is 32.6. The summed E-state index contributed by atoms with van der Waals surface area (Å²) in [4.78, 5) is 20.8. The second kappa shape index (κ2) is 14.6. The fourth-order valence-corrected chi connectivity index (χ4v) is 7.06. The molecule has 2 aliphatic rings. The number of benzene rings is 3. The van der Waals surface area contributed by atoms with Gasteiger partial charge in [0.1, 0.15) is 11.2 Å². The van der Waals surface area contributed by atoms with Gasteiger partial charge in [-0.05, 0) is 67.1 Å². The lowest BCUT2D eigenvalue weighted by atomic mass is 9.67. The van der Waals surface area contributed by atoms with Crippen LogP contribution in [0.5, 0.6) is 23.0 Å². The van der Waals surface area contributed by atoms with Crippen molar-refractivity contribution in [2.45, 2.75) is 38.5 Å². The zero-order valence-electron chi connectivity index (χ0n) is 27.8. The van der Waals surface area contributed by atoms with E-state index in [9.17, 15) is 4.79 Å². The Bertz CT molecular complexity index is 1430. The number of ether oxygens (including phenoxy) is 4. The second-order valence-electron chi connectivity index (χ2n) is 12.4. The highest BCUT2D eigenvalue weighted by molar-refractivity contribution is 6.10. The van der Waals surface area contributed by atoms with E-state index >= 15 is 0 Å². The van der Waals surface area contributed by atoms with Crippen LogP contribution in [0.2, 0.25) is 0 Å². The van der Waals surface area contributed by atoms with E-state index in [1.54, 1.807) is 26.2 Å². The third-order valence-corrected chi connectivity index (χ3v) is 9.54. The predicted molar refractivity (Wildman–Crippen MR) is 179 cm³/mol. The van der Waals surface area contributed by atoms with Gasteiger partial charge in [0.15, 0.2) is 11.5 Å². The molecule has 0 radical (unpaired) electrons. The van der Waals surface area contributed by atoms with Crippen molar-refractivity contribution >= 4 is 11.6 Å². The summed E-state index contributed by atoms with van der Waals surface area (Å²) in [5, 5.41) is 0. The number of anilines is 1. The predicted octanol–water partition coefficient (Wildman–Crippen LogP) is 5.65. The van der Waals surface area contributed by atoms with Crippen LogP contribution in [0.3, 0.4) is 0 Å². The number of rotatable bonds is 14. The van der Waals surface area contributed by atoms with E-state index in [0.29, 0.717) is 23.9 Å².